The molecule has 1 rings (SSSR count). The van der Waals surface area contributed by atoms with Gasteiger partial charge in [-0.1, -0.05) is 37.6 Å². The third-order valence-electron chi connectivity index (χ3n) is 2.59. The summed E-state index contributed by atoms with van der Waals surface area (Å²) in [5.74, 6) is -0.0932. The van der Waals surface area contributed by atoms with Crippen molar-refractivity contribution in [3.63, 3.8) is 0 Å². The lowest BCUT2D eigenvalue weighted by Gasteiger charge is -2.20. The molecule has 1 aromatic carbocycles. The van der Waals surface area contributed by atoms with E-state index in [0.29, 0.717) is 18.0 Å². The normalized spacial score (nSPS) is 13.1. The van der Waals surface area contributed by atoms with Crippen molar-refractivity contribution >= 4 is 11.6 Å². The molecule has 0 bridgehead atoms. The average molecular weight is 246 g/mol. The molecule has 2 nitrogen and oxygen atoms in total. The summed E-state index contributed by atoms with van der Waals surface area (Å²) in [4.78, 5) is 0. The molecule has 1 unspecified atom stereocenters. The predicted molar refractivity (Wildman–Crippen MR) is 64.0 cm³/mol. The van der Waals surface area contributed by atoms with Gasteiger partial charge in [-0.05, 0) is 12.0 Å². The van der Waals surface area contributed by atoms with Crippen LogP contribution in [-0.2, 0) is 6.54 Å². The zero-order chi connectivity index (χ0) is 12.1. The highest BCUT2D eigenvalue weighted by molar-refractivity contribution is 6.30. The maximum atomic E-state index is 13.5. The van der Waals surface area contributed by atoms with Gasteiger partial charge in [-0.15, -0.1) is 0 Å². The smallest absolute Gasteiger partial charge is 0.146 e. The van der Waals surface area contributed by atoms with Gasteiger partial charge in [0.25, 0.3) is 0 Å². The Kier molecular flexibility index (Phi) is 5.19. The van der Waals surface area contributed by atoms with Crippen LogP contribution in [0.4, 0.5) is 4.39 Å². The van der Waals surface area contributed by atoms with E-state index in [0.717, 1.165) is 0 Å². The van der Waals surface area contributed by atoms with Crippen LogP contribution in [0.25, 0.3) is 0 Å². The van der Waals surface area contributed by atoms with Gasteiger partial charge in [0.2, 0.25) is 0 Å². The number of hydrogen-bond acceptors (Lipinski definition) is 2. The first-order valence-electron chi connectivity index (χ1n) is 5.33. The molecule has 0 aliphatic carbocycles. The molecular weight excluding hydrogens is 229 g/mol. The highest BCUT2D eigenvalue weighted by Crippen LogP contribution is 2.17. The third kappa shape index (κ3) is 3.44. The van der Waals surface area contributed by atoms with Crippen LogP contribution >= 0.6 is 11.6 Å². The summed E-state index contributed by atoms with van der Waals surface area (Å²) in [6, 6.07) is 4.89. The molecule has 4 heteroatoms. The molecule has 0 saturated heterocycles. The van der Waals surface area contributed by atoms with Crippen molar-refractivity contribution in [1.82, 2.24) is 5.32 Å². The Morgan fingerprint density at radius 2 is 2.12 bits per heavy atom. The van der Waals surface area contributed by atoms with Crippen molar-refractivity contribution < 1.29 is 9.50 Å². The summed E-state index contributed by atoms with van der Waals surface area (Å²) in [5.41, 5.74) is 0.520. The molecule has 1 aromatic rings. The molecule has 16 heavy (non-hydrogen) atoms. The van der Waals surface area contributed by atoms with Crippen molar-refractivity contribution in [3.05, 3.63) is 34.6 Å². The molecule has 0 spiro atoms. The second-order valence-corrected chi connectivity index (χ2v) is 4.53. The molecule has 0 amide bonds. The standard InChI is InChI=1S/C12H17ClFNO/c1-8(2)11(7-16)15-6-9-4-3-5-10(13)12(9)14/h3-5,8,11,15-16H,6-7H2,1-2H3. The predicted octanol–water partition coefficient (Wildman–Crippen LogP) is 2.59. The monoisotopic (exact) mass is 245 g/mol. The summed E-state index contributed by atoms with van der Waals surface area (Å²) in [6.45, 7) is 4.42. The molecule has 1 atom stereocenters. The molecule has 0 saturated carbocycles. The number of aliphatic hydroxyl groups excluding tert-OH is 1. The van der Waals surface area contributed by atoms with Gasteiger partial charge in [0.05, 0.1) is 11.6 Å². The van der Waals surface area contributed by atoms with Crippen LogP contribution < -0.4 is 5.32 Å². The van der Waals surface area contributed by atoms with E-state index in [1.807, 2.05) is 13.8 Å². The quantitative estimate of drug-likeness (QED) is 0.836. The second-order valence-electron chi connectivity index (χ2n) is 4.13. The largest absolute Gasteiger partial charge is 0.395 e. The van der Waals surface area contributed by atoms with Crippen molar-refractivity contribution in [2.75, 3.05) is 6.61 Å². The summed E-state index contributed by atoms with van der Waals surface area (Å²) < 4.78 is 13.5. The van der Waals surface area contributed by atoms with Crippen LogP contribution in [0.2, 0.25) is 5.02 Å². The molecular formula is C12H17ClFNO. The summed E-state index contributed by atoms with van der Waals surface area (Å²) in [5, 5.41) is 12.3. The van der Waals surface area contributed by atoms with E-state index < -0.39 is 5.82 Å². The topological polar surface area (TPSA) is 32.3 Å². The lowest BCUT2D eigenvalue weighted by Crippen LogP contribution is -2.36. The summed E-state index contributed by atoms with van der Waals surface area (Å²) >= 11 is 5.67. The Morgan fingerprint density at radius 3 is 2.69 bits per heavy atom. The van der Waals surface area contributed by atoms with Crippen LogP contribution in [0.3, 0.4) is 0 Å². The number of benzene rings is 1. The number of rotatable bonds is 5. The van der Waals surface area contributed by atoms with Crippen LogP contribution in [0, 0.1) is 11.7 Å². The van der Waals surface area contributed by atoms with Gasteiger partial charge < -0.3 is 10.4 Å². The molecule has 0 aliphatic heterocycles. The maximum Gasteiger partial charge on any atom is 0.146 e. The minimum Gasteiger partial charge on any atom is -0.395 e. The first-order chi connectivity index (χ1) is 7.56. The molecule has 0 fully saturated rings. The molecule has 90 valence electrons. The van der Waals surface area contributed by atoms with E-state index >= 15 is 0 Å². The first kappa shape index (κ1) is 13.4. The van der Waals surface area contributed by atoms with Crippen molar-refractivity contribution in [3.8, 4) is 0 Å². The Hall–Kier alpha value is -0.640. The van der Waals surface area contributed by atoms with E-state index in [2.05, 4.69) is 5.32 Å². The zero-order valence-corrected chi connectivity index (χ0v) is 10.3. The molecule has 0 heterocycles. The fourth-order valence-corrected chi connectivity index (χ4v) is 1.63. The molecule has 0 aromatic heterocycles. The highest BCUT2D eigenvalue weighted by Gasteiger charge is 2.13. The van der Waals surface area contributed by atoms with Gasteiger partial charge in [-0.25, -0.2) is 4.39 Å². The Balaban J connectivity index is 2.64. The van der Waals surface area contributed by atoms with Crippen LogP contribution in [0.15, 0.2) is 18.2 Å². The minimum absolute atomic E-state index is 0.0293. The molecule has 0 aliphatic rings. The average Bonchev–Trinajstić information content (AvgIpc) is 2.24. The van der Waals surface area contributed by atoms with Gasteiger partial charge in [-0.3, -0.25) is 0 Å². The van der Waals surface area contributed by atoms with Gasteiger partial charge >= 0.3 is 0 Å². The fraction of sp³-hybridized carbons (Fsp3) is 0.500. The van der Waals surface area contributed by atoms with Gasteiger partial charge in [0.15, 0.2) is 0 Å². The Bertz CT molecular complexity index is 344. The van der Waals surface area contributed by atoms with E-state index in [9.17, 15) is 4.39 Å². The highest BCUT2D eigenvalue weighted by atomic mass is 35.5. The summed E-state index contributed by atoms with van der Waals surface area (Å²) in [7, 11) is 0. The fourth-order valence-electron chi connectivity index (χ4n) is 1.44. The number of aliphatic hydroxyl groups is 1. The van der Waals surface area contributed by atoms with Crippen molar-refractivity contribution in [1.29, 1.82) is 0 Å². The molecule has 0 radical (unpaired) electrons. The van der Waals surface area contributed by atoms with E-state index in [1.54, 1.807) is 12.1 Å². The zero-order valence-electron chi connectivity index (χ0n) is 9.50. The lowest BCUT2D eigenvalue weighted by molar-refractivity contribution is 0.209. The van der Waals surface area contributed by atoms with Crippen molar-refractivity contribution in [2.45, 2.75) is 26.4 Å². The maximum absolute atomic E-state index is 13.5. The van der Waals surface area contributed by atoms with E-state index in [4.69, 9.17) is 16.7 Å². The van der Waals surface area contributed by atoms with Crippen LogP contribution in [0.5, 0.6) is 0 Å². The SMILES string of the molecule is CC(C)C(CO)NCc1cccc(Cl)c1F. The minimum atomic E-state index is -0.392. The second kappa shape index (κ2) is 6.18. The number of nitrogens with one attached hydrogen (secondary N) is 1. The Morgan fingerprint density at radius 1 is 1.44 bits per heavy atom. The van der Waals surface area contributed by atoms with Crippen molar-refractivity contribution in [2.24, 2.45) is 5.92 Å². The van der Waals surface area contributed by atoms with Gasteiger partial charge in [0.1, 0.15) is 5.82 Å². The number of hydrogen-bond donors (Lipinski definition) is 2. The van der Waals surface area contributed by atoms with Gasteiger partial charge in [0, 0.05) is 18.2 Å². The Labute approximate surface area is 100 Å². The lowest BCUT2D eigenvalue weighted by atomic mass is 10.1. The third-order valence-corrected chi connectivity index (χ3v) is 2.88. The van der Waals surface area contributed by atoms with E-state index in [-0.39, 0.29) is 17.7 Å². The summed E-state index contributed by atoms with van der Waals surface area (Å²) in [6.07, 6.45) is 0. The molecule has 2 N–H and O–H groups in total. The number of halogens is 2. The van der Waals surface area contributed by atoms with Crippen LogP contribution in [-0.4, -0.2) is 17.8 Å². The first-order valence-corrected chi connectivity index (χ1v) is 5.71. The van der Waals surface area contributed by atoms with E-state index in [1.165, 1.54) is 6.07 Å². The van der Waals surface area contributed by atoms with Crippen LogP contribution in [0.1, 0.15) is 19.4 Å². The van der Waals surface area contributed by atoms with Gasteiger partial charge in [-0.2, -0.15) is 0 Å².